The number of likely N-dealkylation sites (tertiary alicyclic amines) is 1. The molecule has 0 unspecified atom stereocenters. The number of carbonyl (C=O) groups is 1. The van der Waals surface area contributed by atoms with Crippen molar-refractivity contribution in [3.8, 4) is 11.1 Å². The van der Waals surface area contributed by atoms with E-state index in [1.165, 1.54) is 4.90 Å². The number of halogens is 1. The van der Waals surface area contributed by atoms with Crippen LogP contribution >= 0.6 is 0 Å². The number of hydrogen-bond acceptors (Lipinski definition) is 3. The van der Waals surface area contributed by atoms with Crippen molar-refractivity contribution in [2.45, 2.75) is 18.2 Å². The van der Waals surface area contributed by atoms with E-state index in [1.54, 1.807) is 0 Å². The molecular weight excluding hydrogens is 309 g/mol. The highest BCUT2D eigenvalue weighted by Gasteiger charge is 2.36. The van der Waals surface area contributed by atoms with E-state index >= 15 is 0 Å². The molecule has 0 saturated carbocycles. The number of amides is 1. The molecule has 2 atom stereocenters. The lowest BCUT2D eigenvalue weighted by molar-refractivity contribution is 0.0986. The minimum Gasteiger partial charge on any atom is -0.448 e. The molecule has 2 aromatic carbocycles. The molecule has 2 aliphatic rings. The Morgan fingerprint density at radius 3 is 2.21 bits per heavy atom. The first-order valence-corrected chi connectivity index (χ1v) is 8.07. The zero-order chi connectivity index (χ0) is 16.7. The molecule has 1 heterocycles. The van der Waals surface area contributed by atoms with Gasteiger partial charge in [0.2, 0.25) is 0 Å². The first-order chi connectivity index (χ1) is 11.6. The molecule has 0 radical (unpaired) electrons. The molecule has 124 valence electrons. The first kappa shape index (κ1) is 15.1. The number of ether oxygens (including phenoxy) is 1. The smallest absolute Gasteiger partial charge is 0.409 e. The van der Waals surface area contributed by atoms with Gasteiger partial charge in [-0.1, -0.05) is 48.5 Å². The number of aliphatic hydroxyl groups excluding tert-OH is 1. The predicted molar refractivity (Wildman–Crippen MR) is 87.5 cm³/mol. The van der Waals surface area contributed by atoms with E-state index in [4.69, 9.17) is 4.74 Å². The zero-order valence-corrected chi connectivity index (χ0v) is 13.1. The Labute approximate surface area is 139 Å². The van der Waals surface area contributed by atoms with Crippen LogP contribution in [0.3, 0.4) is 0 Å². The third kappa shape index (κ3) is 2.45. The SMILES string of the molecule is O=C(OCC1c2ccccc2-c2ccccc21)N1C[C@@H](O)[C@@H](F)C1. The van der Waals surface area contributed by atoms with E-state index in [2.05, 4.69) is 12.1 Å². The highest BCUT2D eigenvalue weighted by molar-refractivity contribution is 5.79. The van der Waals surface area contributed by atoms with Gasteiger partial charge < -0.3 is 14.7 Å². The normalized spacial score (nSPS) is 22.3. The van der Waals surface area contributed by atoms with E-state index in [0.29, 0.717) is 0 Å². The average molecular weight is 327 g/mol. The number of carbonyl (C=O) groups excluding carboxylic acids is 1. The molecule has 0 bridgehead atoms. The summed E-state index contributed by atoms with van der Waals surface area (Å²) >= 11 is 0. The summed E-state index contributed by atoms with van der Waals surface area (Å²) in [6.45, 7) is 0.0755. The number of benzene rings is 2. The topological polar surface area (TPSA) is 49.8 Å². The molecule has 1 amide bonds. The van der Waals surface area contributed by atoms with Crippen LogP contribution in [-0.2, 0) is 4.74 Å². The van der Waals surface area contributed by atoms with E-state index in [9.17, 15) is 14.3 Å². The number of aliphatic hydroxyl groups is 1. The Bertz CT molecular complexity index is 723. The maximum atomic E-state index is 13.4. The van der Waals surface area contributed by atoms with Gasteiger partial charge in [-0.3, -0.25) is 0 Å². The fourth-order valence-electron chi connectivity index (χ4n) is 3.58. The molecule has 4 nitrogen and oxygen atoms in total. The van der Waals surface area contributed by atoms with Gasteiger partial charge in [-0.25, -0.2) is 9.18 Å². The monoisotopic (exact) mass is 327 g/mol. The van der Waals surface area contributed by atoms with E-state index in [0.717, 1.165) is 22.3 Å². The highest BCUT2D eigenvalue weighted by atomic mass is 19.1. The summed E-state index contributed by atoms with van der Waals surface area (Å²) in [6.07, 6.45) is -3.09. The fourth-order valence-corrected chi connectivity index (χ4v) is 3.58. The molecule has 1 N–H and O–H groups in total. The fraction of sp³-hybridized carbons (Fsp3) is 0.316. The van der Waals surface area contributed by atoms with Crippen molar-refractivity contribution in [2.24, 2.45) is 0 Å². The second-order valence-electron chi connectivity index (χ2n) is 6.29. The molecule has 4 rings (SSSR count). The van der Waals surface area contributed by atoms with E-state index < -0.39 is 18.4 Å². The number of hydrogen-bond donors (Lipinski definition) is 1. The van der Waals surface area contributed by atoms with Gasteiger partial charge in [0.25, 0.3) is 0 Å². The lowest BCUT2D eigenvalue weighted by Gasteiger charge is -2.18. The van der Waals surface area contributed by atoms with Crippen molar-refractivity contribution in [1.82, 2.24) is 4.90 Å². The minimum absolute atomic E-state index is 0.0160. The largest absolute Gasteiger partial charge is 0.448 e. The van der Waals surface area contributed by atoms with Crippen LogP contribution < -0.4 is 0 Å². The summed E-state index contributed by atoms with van der Waals surface area (Å²) in [7, 11) is 0. The third-order valence-electron chi connectivity index (χ3n) is 4.81. The van der Waals surface area contributed by atoms with Crippen LogP contribution in [0.25, 0.3) is 11.1 Å². The summed E-state index contributed by atoms with van der Waals surface area (Å²) in [5, 5.41) is 9.43. The number of β-amino-alcohol motifs (C(OH)–C–C–N with tert-alkyl or cyclic N) is 1. The van der Waals surface area contributed by atoms with Gasteiger partial charge in [-0.15, -0.1) is 0 Å². The van der Waals surface area contributed by atoms with Crippen LogP contribution in [-0.4, -0.2) is 48.1 Å². The standard InChI is InChI=1S/C19H18FNO3/c20-17-9-21(10-18(17)22)19(23)24-11-16-14-7-3-1-5-12(14)13-6-2-4-8-15(13)16/h1-8,16-18,22H,9-11H2/t17-,18+/m0/s1. The maximum Gasteiger partial charge on any atom is 0.409 e. The Hall–Kier alpha value is -2.40. The lowest BCUT2D eigenvalue weighted by Crippen LogP contribution is -2.31. The number of nitrogens with zero attached hydrogens (tertiary/aromatic N) is 1. The summed E-state index contributed by atoms with van der Waals surface area (Å²) in [5.74, 6) is -0.0185. The molecule has 5 heteroatoms. The van der Waals surface area contributed by atoms with Crippen LogP contribution in [0.2, 0.25) is 0 Å². The van der Waals surface area contributed by atoms with Crippen molar-refractivity contribution >= 4 is 6.09 Å². The van der Waals surface area contributed by atoms with Gasteiger partial charge in [0, 0.05) is 5.92 Å². The van der Waals surface area contributed by atoms with Crippen LogP contribution in [0, 0.1) is 0 Å². The van der Waals surface area contributed by atoms with Gasteiger partial charge >= 0.3 is 6.09 Å². The van der Waals surface area contributed by atoms with Crippen LogP contribution in [0.5, 0.6) is 0 Å². The predicted octanol–water partition coefficient (Wildman–Crippen LogP) is 2.95. The molecule has 24 heavy (non-hydrogen) atoms. The third-order valence-corrected chi connectivity index (χ3v) is 4.81. The van der Waals surface area contributed by atoms with Crippen molar-refractivity contribution < 1.29 is 19.0 Å². The molecule has 1 aliphatic carbocycles. The van der Waals surface area contributed by atoms with Crippen molar-refractivity contribution in [3.63, 3.8) is 0 Å². The van der Waals surface area contributed by atoms with Gasteiger partial charge in [0.1, 0.15) is 18.9 Å². The zero-order valence-electron chi connectivity index (χ0n) is 13.1. The Morgan fingerprint density at radius 1 is 1.08 bits per heavy atom. The van der Waals surface area contributed by atoms with E-state index in [1.807, 2.05) is 36.4 Å². The average Bonchev–Trinajstić information content (AvgIpc) is 3.11. The second-order valence-corrected chi connectivity index (χ2v) is 6.29. The molecule has 2 aromatic rings. The van der Waals surface area contributed by atoms with Crippen LogP contribution in [0.1, 0.15) is 17.0 Å². The quantitative estimate of drug-likeness (QED) is 0.923. The van der Waals surface area contributed by atoms with Crippen LogP contribution in [0.15, 0.2) is 48.5 Å². The number of alkyl halides is 1. The highest BCUT2D eigenvalue weighted by Crippen LogP contribution is 2.44. The molecule has 0 aromatic heterocycles. The van der Waals surface area contributed by atoms with Gasteiger partial charge in [0.05, 0.1) is 13.1 Å². The summed E-state index contributed by atoms with van der Waals surface area (Å²) in [6, 6.07) is 16.2. The number of rotatable bonds is 2. The molecule has 1 fully saturated rings. The van der Waals surface area contributed by atoms with E-state index in [-0.39, 0.29) is 25.6 Å². The molecule has 0 spiro atoms. The van der Waals surface area contributed by atoms with Crippen molar-refractivity contribution in [2.75, 3.05) is 19.7 Å². The molecule has 1 aliphatic heterocycles. The molecule has 1 saturated heterocycles. The Kier molecular flexibility index (Phi) is 3.73. The number of fused-ring (bicyclic) bond motifs is 3. The Balaban J connectivity index is 1.52. The lowest BCUT2D eigenvalue weighted by atomic mass is 9.98. The van der Waals surface area contributed by atoms with Crippen molar-refractivity contribution in [1.29, 1.82) is 0 Å². The maximum absolute atomic E-state index is 13.4. The molecular formula is C19H18FNO3. The Morgan fingerprint density at radius 2 is 1.67 bits per heavy atom. The summed E-state index contributed by atoms with van der Waals surface area (Å²) in [4.78, 5) is 13.4. The summed E-state index contributed by atoms with van der Waals surface area (Å²) in [5.41, 5.74) is 4.59. The van der Waals surface area contributed by atoms with Gasteiger partial charge in [0.15, 0.2) is 0 Å². The second kappa shape index (κ2) is 5.91. The van der Waals surface area contributed by atoms with Gasteiger partial charge in [-0.2, -0.15) is 0 Å². The van der Waals surface area contributed by atoms with Crippen LogP contribution in [0.4, 0.5) is 9.18 Å². The summed E-state index contributed by atoms with van der Waals surface area (Å²) < 4.78 is 18.8. The first-order valence-electron chi connectivity index (χ1n) is 8.07. The minimum atomic E-state index is -1.40. The van der Waals surface area contributed by atoms with Gasteiger partial charge in [-0.05, 0) is 22.3 Å². The van der Waals surface area contributed by atoms with Crippen molar-refractivity contribution in [3.05, 3.63) is 59.7 Å².